The molecule has 1 atom stereocenters. The molecular weight excluding hydrogens is 204 g/mol. The van der Waals surface area contributed by atoms with Gasteiger partial charge in [-0.15, -0.1) is 0 Å². The highest BCUT2D eigenvalue weighted by molar-refractivity contribution is 5.96. The number of methoxy groups -OCH3 is 1. The molecule has 0 aromatic heterocycles. The molecule has 0 radical (unpaired) electrons. The Kier molecular flexibility index (Phi) is 2.78. The summed E-state index contributed by atoms with van der Waals surface area (Å²) in [5.41, 5.74) is 0.823. The maximum Gasteiger partial charge on any atom is 0.228 e. The highest BCUT2D eigenvalue weighted by Gasteiger charge is 2.30. The van der Waals surface area contributed by atoms with Crippen LogP contribution in [0.1, 0.15) is 6.42 Å². The van der Waals surface area contributed by atoms with Crippen LogP contribution in [0, 0.1) is 17.2 Å². The van der Waals surface area contributed by atoms with Gasteiger partial charge in [0.1, 0.15) is 5.75 Å². The summed E-state index contributed by atoms with van der Waals surface area (Å²) in [6.45, 7) is 0.488. The van der Waals surface area contributed by atoms with Gasteiger partial charge < -0.3 is 9.64 Å². The second-order valence-corrected chi connectivity index (χ2v) is 3.73. The van der Waals surface area contributed by atoms with E-state index in [2.05, 4.69) is 6.07 Å². The van der Waals surface area contributed by atoms with Gasteiger partial charge in [-0.1, -0.05) is 0 Å². The lowest BCUT2D eigenvalue weighted by Crippen LogP contribution is -2.24. The Morgan fingerprint density at radius 2 is 2.12 bits per heavy atom. The van der Waals surface area contributed by atoms with Crippen LogP contribution in [-0.2, 0) is 4.79 Å². The molecule has 1 aromatic rings. The van der Waals surface area contributed by atoms with Gasteiger partial charge in [-0.2, -0.15) is 5.26 Å². The van der Waals surface area contributed by atoms with E-state index < -0.39 is 0 Å². The SMILES string of the molecule is COc1ccc(N2C[C@@H](C#N)CC2=O)cc1. The molecule has 1 amide bonds. The summed E-state index contributed by atoms with van der Waals surface area (Å²) in [5, 5.41) is 8.78. The van der Waals surface area contributed by atoms with E-state index in [9.17, 15) is 4.79 Å². The van der Waals surface area contributed by atoms with Crippen LogP contribution in [0.25, 0.3) is 0 Å². The molecule has 0 bridgehead atoms. The van der Waals surface area contributed by atoms with Gasteiger partial charge in [-0.25, -0.2) is 0 Å². The minimum atomic E-state index is -0.186. The van der Waals surface area contributed by atoms with Crippen molar-refractivity contribution in [1.29, 1.82) is 5.26 Å². The van der Waals surface area contributed by atoms with Crippen molar-refractivity contribution >= 4 is 11.6 Å². The molecule has 0 aliphatic carbocycles. The topological polar surface area (TPSA) is 53.3 Å². The zero-order chi connectivity index (χ0) is 11.5. The summed E-state index contributed by atoms with van der Waals surface area (Å²) < 4.78 is 5.05. The lowest BCUT2D eigenvalue weighted by molar-refractivity contribution is -0.117. The van der Waals surface area contributed by atoms with Crippen LogP contribution >= 0.6 is 0 Å². The summed E-state index contributed by atoms with van der Waals surface area (Å²) in [6.07, 6.45) is 0.322. The van der Waals surface area contributed by atoms with Gasteiger partial charge in [0.15, 0.2) is 0 Å². The quantitative estimate of drug-likeness (QED) is 0.754. The van der Waals surface area contributed by atoms with E-state index in [1.807, 2.05) is 24.3 Å². The van der Waals surface area contributed by atoms with Crippen molar-refractivity contribution in [1.82, 2.24) is 0 Å². The first-order valence-electron chi connectivity index (χ1n) is 5.08. The van der Waals surface area contributed by atoms with Crippen LogP contribution in [0.3, 0.4) is 0 Å². The molecule has 0 N–H and O–H groups in total. The first kappa shape index (κ1) is 10.5. The first-order chi connectivity index (χ1) is 7.74. The molecule has 2 rings (SSSR count). The molecular formula is C12H12N2O2. The Hall–Kier alpha value is -2.02. The van der Waals surface area contributed by atoms with Crippen LogP contribution in [0.2, 0.25) is 0 Å². The number of benzene rings is 1. The molecule has 1 aromatic carbocycles. The maximum atomic E-state index is 11.6. The molecule has 0 unspecified atom stereocenters. The van der Waals surface area contributed by atoms with Gasteiger partial charge in [0.05, 0.1) is 19.1 Å². The van der Waals surface area contributed by atoms with Crippen LogP contribution in [0.4, 0.5) is 5.69 Å². The van der Waals surface area contributed by atoms with Crippen molar-refractivity contribution in [2.45, 2.75) is 6.42 Å². The average molecular weight is 216 g/mol. The van der Waals surface area contributed by atoms with Crippen molar-refractivity contribution in [2.75, 3.05) is 18.6 Å². The fourth-order valence-electron chi connectivity index (χ4n) is 1.81. The summed E-state index contributed by atoms with van der Waals surface area (Å²) >= 11 is 0. The Labute approximate surface area is 94.0 Å². The van der Waals surface area contributed by atoms with E-state index in [-0.39, 0.29) is 11.8 Å². The van der Waals surface area contributed by atoms with Gasteiger partial charge >= 0.3 is 0 Å². The Balaban J connectivity index is 2.18. The molecule has 1 aliphatic heterocycles. The first-order valence-corrected chi connectivity index (χ1v) is 5.08. The van der Waals surface area contributed by atoms with Crippen molar-refractivity contribution in [3.05, 3.63) is 24.3 Å². The lowest BCUT2D eigenvalue weighted by Gasteiger charge is -2.15. The Bertz CT molecular complexity index is 433. The molecule has 82 valence electrons. The monoisotopic (exact) mass is 216 g/mol. The minimum Gasteiger partial charge on any atom is -0.497 e. The zero-order valence-electron chi connectivity index (χ0n) is 9.01. The van der Waals surface area contributed by atoms with Crippen LogP contribution in [0.15, 0.2) is 24.3 Å². The molecule has 1 fully saturated rings. The Morgan fingerprint density at radius 1 is 1.44 bits per heavy atom. The lowest BCUT2D eigenvalue weighted by atomic mass is 10.1. The third-order valence-electron chi connectivity index (χ3n) is 2.69. The second kappa shape index (κ2) is 4.23. The predicted molar refractivity (Wildman–Crippen MR) is 59.1 cm³/mol. The molecule has 4 nitrogen and oxygen atoms in total. The van der Waals surface area contributed by atoms with Crippen LogP contribution in [0.5, 0.6) is 5.75 Å². The summed E-state index contributed by atoms with van der Waals surface area (Å²) in [4.78, 5) is 13.3. The highest BCUT2D eigenvalue weighted by atomic mass is 16.5. The zero-order valence-corrected chi connectivity index (χ0v) is 9.01. The number of nitrogens with zero attached hydrogens (tertiary/aromatic N) is 2. The molecule has 4 heteroatoms. The van der Waals surface area contributed by atoms with E-state index in [0.717, 1.165) is 11.4 Å². The number of hydrogen-bond donors (Lipinski definition) is 0. The molecule has 1 aliphatic rings. The number of carbonyl (C=O) groups excluding carboxylic acids is 1. The summed E-state index contributed by atoms with van der Waals surface area (Å²) in [5.74, 6) is 0.582. The third-order valence-corrected chi connectivity index (χ3v) is 2.69. The van der Waals surface area contributed by atoms with E-state index in [4.69, 9.17) is 10.00 Å². The fourth-order valence-corrected chi connectivity index (χ4v) is 1.81. The highest BCUT2D eigenvalue weighted by Crippen LogP contribution is 2.26. The van der Waals surface area contributed by atoms with Gasteiger partial charge in [-0.05, 0) is 24.3 Å². The number of ether oxygens (including phenoxy) is 1. The molecule has 1 heterocycles. The number of carbonyl (C=O) groups is 1. The largest absolute Gasteiger partial charge is 0.497 e. The predicted octanol–water partition coefficient (Wildman–Crippen LogP) is 1.57. The molecule has 1 saturated heterocycles. The maximum absolute atomic E-state index is 11.6. The second-order valence-electron chi connectivity index (χ2n) is 3.73. The number of nitriles is 1. The molecule has 16 heavy (non-hydrogen) atoms. The minimum absolute atomic E-state index is 0.0108. The number of rotatable bonds is 2. The van der Waals surface area contributed by atoms with Crippen molar-refractivity contribution in [3.63, 3.8) is 0 Å². The molecule has 0 spiro atoms. The smallest absolute Gasteiger partial charge is 0.228 e. The number of amides is 1. The van der Waals surface area contributed by atoms with Crippen molar-refractivity contribution < 1.29 is 9.53 Å². The van der Waals surface area contributed by atoms with E-state index in [1.165, 1.54) is 0 Å². The molecule has 0 saturated carbocycles. The van der Waals surface area contributed by atoms with E-state index in [0.29, 0.717) is 13.0 Å². The summed E-state index contributed by atoms with van der Waals surface area (Å²) in [6, 6.07) is 9.40. The van der Waals surface area contributed by atoms with Gasteiger partial charge in [0.2, 0.25) is 5.91 Å². The standard InChI is InChI=1S/C12H12N2O2/c1-16-11-4-2-10(3-5-11)14-8-9(7-13)6-12(14)15/h2-5,9H,6,8H2,1H3/t9-/m1/s1. The summed E-state index contributed by atoms with van der Waals surface area (Å²) in [7, 11) is 1.60. The van der Waals surface area contributed by atoms with Crippen LogP contribution < -0.4 is 9.64 Å². The van der Waals surface area contributed by atoms with E-state index >= 15 is 0 Å². The fraction of sp³-hybridized carbons (Fsp3) is 0.333. The number of hydrogen-bond acceptors (Lipinski definition) is 3. The normalized spacial score (nSPS) is 19.6. The third kappa shape index (κ3) is 1.84. The van der Waals surface area contributed by atoms with Gasteiger partial charge in [-0.3, -0.25) is 4.79 Å². The number of anilines is 1. The Morgan fingerprint density at radius 3 is 2.62 bits per heavy atom. The van der Waals surface area contributed by atoms with E-state index in [1.54, 1.807) is 12.0 Å². The van der Waals surface area contributed by atoms with Crippen molar-refractivity contribution in [3.8, 4) is 11.8 Å². The van der Waals surface area contributed by atoms with Gasteiger partial charge in [0.25, 0.3) is 0 Å². The van der Waals surface area contributed by atoms with Crippen molar-refractivity contribution in [2.24, 2.45) is 5.92 Å². The van der Waals surface area contributed by atoms with Gasteiger partial charge in [0, 0.05) is 18.7 Å². The average Bonchev–Trinajstić information content (AvgIpc) is 2.71. The van der Waals surface area contributed by atoms with Crippen LogP contribution in [-0.4, -0.2) is 19.6 Å².